The van der Waals surface area contributed by atoms with E-state index < -0.39 is 0 Å². The molecule has 0 fully saturated rings. The molecule has 1 aromatic heterocycles. The fraction of sp³-hybridized carbons (Fsp3) is 0.200. The smallest absolute Gasteiger partial charge is 0.233 e. The summed E-state index contributed by atoms with van der Waals surface area (Å²) in [6.45, 7) is 2.59. The van der Waals surface area contributed by atoms with E-state index in [9.17, 15) is 4.79 Å². The van der Waals surface area contributed by atoms with Crippen molar-refractivity contribution in [1.29, 1.82) is 0 Å². The predicted octanol–water partition coefficient (Wildman–Crippen LogP) is 4.34. The zero-order valence-corrected chi connectivity index (χ0v) is 16.3. The summed E-state index contributed by atoms with van der Waals surface area (Å²) in [5.41, 5.74) is 3.00. The number of ether oxygens (including phenoxy) is 2. The third kappa shape index (κ3) is 4.26. The number of amides is 1. The van der Waals surface area contributed by atoms with Crippen molar-refractivity contribution in [3.05, 3.63) is 59.5 Å². The summed E-state index contributed by atoms with van der Waals surface area (Å²) < 4.78 is 11.6. The topological polar surface area (TPSA) is 60.5 Å². The van der Waals surface area contributed by atoms with Gasteiger partial charge in [0, 0.05) is 17.5 Å². The Bertz CT molecular complexity index is 943. The van der Waals surface area contributed by atoms with E-state index in [1.807, 2.05) is 60.8 Å². The summed E-state index contributed by atoms with van der Waals surface area (Å²) in [4.78, 5) is 17.1. The summed E-state index contributed by atoms with van der Waals surface area (Å²) >= 11 is 3.03. The third-order valence-electron chi connectivity index (χ3n) is 4.10. The Labute approximate surface area is 165 Å². The monoisotopic (exact) mass is 398 g/mol. The van der Waals surface area contributed by atoms with Crippen LogP contribution in [0.15, 0.2) is 58.3 Å². The van der Waals surface area contributed by atoms with Crippen molar-refractivity contribution in [1.82, 2.24) is 10.3 Å². The Kier molecular flexibility index (Phi) is 5.31. The molecule has 27 heavy (non-hydrogen) atoms. The van der Waals surface area contributed by atoms with Crippen LogP contribution >= 0.6 is 23.1 Å². The quantitative estimate of drug-likeness (QED) is 0.626. The maximum Gasteiger partial charge on any atom is 0.233 e. The molecule has 0 saturated heterocycles. The zero-order valence-electron chi connectivity index (χ0n) is 14.7. The van der Waals surface area contributed by atoms with Crippen molar-refractivity contribution < 1.29 is 14.3 Å². The largest absolute Gasteiger partial charge is 0.454 e. The van der Waals surface area contributed by atoms with Crippen molar-refractivity contribution in [3.63, 3.8) is 0 Å². The van der Waals surface area contributed by atoms with Gasteiger partial charge in [0.2, 0.25) is 12.7 Å². The fourth-order valence-corrected chi connectivity index (χ4v) is 4.64. The highest BCUT2D eigenvalue weighted by Gasteiger charge is 2.18. The lowest BCUT2D eigenvalue weighted by Gasteiger charge is -2.11. The number of benzene rings is 2. The molecule has 138 valence electrons. The van der Waals surface area contributed by atoms with Gasteiger partial charge in [0.05, 0.1) is 10.9 Å². The maximum absolute atomic E-state index is 12.4. The highest BCUT2D eigenvalue weighted by atomic mass is 32.2. The maximum atomic E-state index is 12.4. The van der Waals surface area contributed by atoms with Gasteiger partial charge in [0.15, 0.2) is 15.8 Å². The van der Waals surface area contributed by atoms with Gasteiger partial charge in [-0.25, -0.2) is 4.98 Å². The number of rotatable bonds is 6. The van der Waals surface area contributed by atoms with E-state index in [0.717, 1.165) is 32.7 Å². The number of thioether (sulfide) groups is 1. The van der Waals surface area contributed by atoms with Gasteiger partial charge in [-0.1, -0.05) is 48.2 Å². The van der Waals surface area contributed by atoms with Crippen LogP contribution in [-0.4, -0.2) is 22.9 Å². The van der Waals surface area contributed by atoms with Gasteiger partial charge in [-0.2, -0.15) is 0 Å². The van der Waals surface area contributed by atoms with Gasteiger partial charge in [-0.15, -0.1) is 11.3 Å². The van der Waals surface area contributed by atoms with Crippen LogP contribution in [0.1, 0.15) is 12.5 Å². The van der Waals surface area contributed by atoms with Gasteiger partial charge in [-0.05, 0) is 24.6 Å². The lowest BCUT2D eigenvalue weighted by molar-refractivity contribution is -0.120. The van der Waals surface area contributed by atoms with Gasteiger partial charge in [-0.3, -0.25) is 4.79 Å². The molecule has 1 N–H and O–H groups in total. The van der Waals surface area contributed by atoms with Gasteiger partial charge >= 0.3 is 0 Å². The number of thiazole rings is 1. The average molecular weight is 399 g/mol. The second kappa shape index (κ2) is 8.02. The highest BCUT2D eigenvalue weighted by Crippen LogP contribution is 2.33. The van der Waals surface area contributed by atoms with Crippen LogP contribution in [0.4, 0.5) is 0 Å². The molecule has 1 aliphatic rings. The standard InChI is InChI=1S/C20H18N2O3S2/c1-13(27-20-22-16(11-26-20)15-5-3-2-4-6-15)19(23)21-10-14-7-8-17-18(9-14)25-12-24-17/h2-9,11,13H,10,12H2,1H3,(H,21,23)/t13-/m0/s1. The van der Waals surface area contributed by atoms with E-state index in [4.69, 9.17) is 9.47 Å². The lowest BCUT2D eigenvalue weighted by atomic mass is 10.2. The first-order chi connectivity index (χ1) is 13.2. The molecule has 1 atom stereocenters. The van der Waals surface area contributed by atoms with E-state index in [-0.39, 0.29) is 18.0 Å². The van der Waals surface area contributed by atoms with Gasteiger partial charge in [0.1, 0.15) is 0 Å². The normalized spacial score (nSPS) is 13.4. The molecule has 0 radical (unpaired) electrons. The van der Waals surface area contributed by atoms with Crippen molar-refractivity contribution in [2.45, 2.75) is 23.1 Å². The van der Waals surface area contributed by atoms with Crippen LogP contribution in [0.25, 0.3) is 11.3 Å². The Morgan fingerprint density at radius 2 is 2.04 bits per heavy atom. The molecular weight excluding hydrogens is 380 g/mol. The minimum Gasteiger partial charge on any atom is -0.454 e. The summed E-state index contributed by atoms with van der Waals surface area (Å²) in [5.74, 6) is 1.45. The number of hydrogen-bond acceptors (Lipinski definition) is 6. The van der Waals surface area contributed by atoms with E-state index in [1.54, 1.807) is 11.3 Å². The minimum atomic E-state index is -0.228. The number of hydrogen-bond donors (Lipinski definition) is 1. The fourth-order valence-electron chi connectivity index (χ4n) is 2.64. The van der Waals surface area contributed by atoms with Crippen molar-refractivity contribution in [3.8, 4) is 22.8 Å². The average Bonchev–Trinajstić information content (AvgIpc) is 3.35. The minimum absolute atomic E-state index is 0.0193. The van der Waals surface area contributed by atoms with E-state index >= 15 is 0 Å². The first-order valence-corrected chi connectivity index (χ1v) is 10.3. The molecule has 0 saturated carbocycles. The van der Waals surface area contributed by atoms with Crippen LogP contribution in [-0.2, 0) is 11.3 Å². The third-order valence-corrected chi connectivity index (χ3v) is 6.18. The Morgan fingerprint density at radius 1 is 1.22 bits per heavy atom. The lowest BCUT2D eigenvalue weighted by Crippen LogP contribution is -2.30. The number of nitrogens with one attached hydrogen (secondary N) is 1. The second-order valence-corrected chi connectivity index (χ2v) is 8.48. The SMILES string of the molecule is C[C@H](Sc1nc(-c2ccccc2)cs1)C(=O)NCc1ccc2c(c1)OCO2. The molecule has 0 spiro atoms. The predicted molar refractivity (Wildman–Crippen MR) is 107 cm³/mol. The Hall–Kier alpha value is -2.51. The van der Waals surface area contributed by atoms with E-state index in [0.29, 0.717) is 6.54 Å². The zero-order chi connectivity index (χ0) is 18.6. The molecule has 0 bridgehead atoms. The first kappa shape index (κ1) is 17.9. The van der Waals surface area contributed by atoms with Crippen LogP contribution in [0.2, 0.25) is 0 Å². The molecule has 0 aliphatic carbocycles. The molecule has 5 nitrogen and oxygen atoms in total. The number of aromatic nitrogens is 1. The highest BCUT2D eigenvalue weighted by molar-refractivity contribution is 8.02. The molecule has 3 aromatic rings. The molecule has 7 heteroatoms. The molecule has 1 amide bonds. The molecule has 0 unspecified atom stereocenters. The number of fused-ring (bicyclic) bond motifs is 1. The van der Waals surface area contributed by atoms with Crippen molar-refractivity contribution in [2.75, 3.05) is 6.79 Å². The van der Waals surface area contributed by atoms with Gasteiger partial charge < -0.3 is 14.8 Å². The summed E-state index contributed by atoms with van der Waals surface area (Å²) in [7, 11) is 0. The van der Waals surface area contributed by atoms with Crippen molar-refractivity contribution >= 4 is 29.0 Å². The van der Waals surface area contributed by atoms with Gasteiger partial charge in [0.25, 0.3) is 0 Å². The Balaban J connectivity index is 1.32. The summed E-state index contributed by atoms with van der Waals surface area (Å²) in [5, 5.41) is 4.76. The van der Waals surface area contributed by atoms with Crippen molar-refractivity contribution in [2.24, 2.45) is 0 Å². The molecule has 4 rings (SSSR count). The van der Waals surface area contributed by atoms with Crippen LogP contribution in [0.3, 0.4) is 0 Å². The molecule has 2 aromatic carbocycles. The van der Waals surface area contributed by atoms with Crippen LogP contribution < -0.4 is 14.8 Å². The van der Waals surface area contributed by atoms with E-state index in [2.05, 4.69) is 10.3 Å². The summed E-state index contributed by atoms with van der Waals surface area (Å²) in [6, 6.07) is 15.7. The second-order valence-electron chi connectivity index (χ2n) is 6.03. The van der Waals surface area contributed by atoms with Crippen LogP contribution in [0.5, 0.6) is 11.5 Å². The first-order valence-electron chi connectivity index (χ1n) is 8.53. The number of carbonyl (C=O) groups is 1. The molecular formula is C20H18N2O3S2. The number of carbonyl (C=O) groups excluding carboxylic acids is 1. The molecule has 1 aliphatic heterocycles. The number of nitrogens with zero attached hydrogens (tertiary/aromatic N) is 1. The van der Waals surface area contributed by atoms with E-state index in [1.165, 1.54) is 11.8 Å². The Morgan fingerprint density at radius 3 is 2.89 bits per heavy atom. The summed E-state index contributed by atoms with van der Waals surface area (Å²) in [6.07, 6.45) is 0. The van der Waals surface area contributed by atoms with Crippen LogP contribution in [0, 0.1) is 0 Å². The molecule has 2 heterocycles.